The van der Waals surface area contributed by atoms with Gasteiger partial charge in [0.1, 0.15) is 5.60 Å². The van der Waals surface area contributed by atoms with Crippen LogP contribution in [0.1, 0.15) is 22.4 Å². The Bertz CT molecular complexity index is 533. The highest BCUT2D eigenvalue weighted by atomic mass is 35.5. The smallest absolute Gasteiger partial charge is 0.287 e. The van der Waals surface area contributed by atoms with E-state index in [1.165, 1.54) is 23.5 Å². The molecule has 0 aromatic carbocycles. The molecule has 2 N–H and O–H groups in total. The third-order valence-corrected chi connectivity index (χ3v) is 3.77. The lowest BCUT2D eigenvalue weighted by molar-refractivity contribution is 0.0548. The molecular weight excluding hydrogens is 274 g/mol. The second kappa shape index (κ2) is 5.14. The molecule has 0 bridgehead atoms. The Morgan fingerprint density at radius 1 is 1.56 bits per heavy atom. The van der Waals surface area contributed by atoms with E-state index >= 15 is 0 Å². The van der Waals surface area contributed by atoms with Gasteiger partial charge in [0.2, 0.25) is 0 Å². The number of nitrogens with one attached hydrogen (secondary N) is 1. The SMILES string of the molecule is CC(O)(CNC(=O)c1ccc(Cl)o1)c1cccs1. The van der Waals surface area contributed by atoms with Crippen molar-refractivity contribution in [1.29, 1.82) is 0 Å². The fraction of sp³-hybridized carbons (Fsp3) is 0.250. The van der Waals surface area contributed by atoms with Gasteiger partial charge in [0, 0.05) is 4.88 Å². The molecule has 96 valence electrons. The summed E-state index contributed by atoms with van der Waals surface area (Å²) in [5.74, 6) is -0.277. The van der Waals surface area contributed by atoms with Gasteiger partial charge in [-0.15, -0.1) is 11.3 Å². The Morgan fingerprint density at radius 3 is 2.89 bits per heavy atom. The molecule has 1 amide bonds. The Kier molecular flexibility index (Phi) is 3.75. The van der Waals surface area contributed by atoms with E-state index in [0.717, 1.165) is 4.88 Å². The zero-order valence-corrected chi connectivity index (χ0v) is 11.2. The first kappa shape index (κ1) is 13.1. The molecule has 18 heavy (non-hydrogen) atoms. The summed E-state index contributed by atoms with van der Waals surface area (Å²) in [6.45, 7) is 1.75. The van der Waals surface area contributed by atoms with Crippen LogP contribution < -0.4 is 5.32 Å². The molecular formula is C12H12ClNO3S. The van der Waals surface area contributed by atoms with Gasteiger partial charge in [-0.3, -0.25) is 4.79 Å². The molecule has 0 fully saturated rings. The van der Waals surface area contributed by atoms with Crippen molar-refractivity contribution < 1.29 is 14.3 Å². The van der Waals surface area contributed by atoms with E-state index < -0.39 is 11.5 Å². The minimum absolute atomic E-state index is 0.102. The summed E-state index contributed by atoms with van der Waals surface area (Å²) in [4.78, 5) is 12.5. The summed E-state index contributed by atoms with van der Waals surface area (Å²) in [5, 5.41) is 14.9. The third kappa shape index (κ3) is 2.93. The van der Waals surface area contributed by atoms with Gasteiger partial charge in [0.25, 0.3) is 5.91 Å². The molecule has 4 nitrogen and oxygen atoms in total. The highest BCUT2D eigenvalue weighted by Crippen LogP contribution is 2.24. The van der Waals surface area contributed by atoms with Gasteiger partial charge in [0.05, 0.1) is 6.54 Å². The Morgan fingerprint density at radius 2 is 2.33 bits per heavy atom. The van der Waals surface area contributed by atoms with E-state index in [1.807, 2.05) is 17.5 Å². The molecule has 0 aliphatic carbocycles. The molecule has 0 aliphatic rings. The maximum atomic E-state index is 11.7. The number of hydrogen-bond donors (Lipinski definition) is 2. The van der Waals surface area contributed by atoms with Crippen LogP contribution in [0.25, 0.3) is 0 Å². The second-order valence-corrected chi connectivity index (χ2v) is 5.36. The van der Waals surface area contributed by atoms with Crippen LogP contribution in [-0.4, -0.2) is 17.6 Å². The molecule has 2 aromatic rings. The van der Waals surface area contributed by atoms with Crippen molar-refractivity contribution in [2.24, 2.45) is 0 Å². The van der Waals surface area contributed by atoms with Crippen molar-refractivity contribution in [3.8, 4) is 0 Å². The molecule has 1 atom stereocenters. The number of aliphatic hydroxyl groups is 1. The van der Waals surface area contributed by atoms with Crippen LogP contribution in [0.4, 0.5) is 0 Å². The number of carbonyl (C=O) groups excluding carboxylic acids is 1. The van der Waals surface area contributed by atoms with E-state index in [-0.39, 0.29) is 17.5 Å². The predicted octanol–water partition coefficient (Wildman–Crippen LogP) is 2.63. The van der Waals surface area contributed by atoms with Gasteiger partial charge in [-0.25, -0.2) is 0 Å². The third-order valence-electron chi connectivity index (χ3n) is 2.44. The summed E-state index contributed by atoms with van der Waals surface area (Å²) in [7, 11) is 0. The summed E-state index contributed by atoms with van der Waals surface area (Å²) >= 11 is 7.02. The Balaban J connectivity index is 1.98. The van der Waals surface area contributed by atoms with Crippen LogP contribution >= 0.6 is 22.9 Å². The maximum absolute atomic E-state index is 11.7. The monoisotopic (exact) mass is 285 g/mol. The number of rotatable bonds is 4. The van der Waals surface area contributed by atoms with Gasteiger partial charge in [-0.1, -0.05) is 6.07 Å². The number of thiophene rings is 1. The Labute approximate surface area is 113 Å². The molecule has 6 heteroatoms. The van der Waals surface area contributed by atoms with Crippen LogP contribution in [0.15, 0.2) is 34.1 Å². The maximum Gasteiger partial charge on any atom is 0.287 e. The van der Waals surface area contributed by atoms with Crippen LogP contribution in [0.2, 0.25) is 5.22 Å². The zero-order valence-electron chi connectivity index (χ0n) is 9.64. The quantitative estimate of drug-likeness (QED) is 0.908. The standard InChI is InChI=1S/C12H12ClNO3S/c1-12(16,9-3-2-6-18-9)7-14-11(15)8-4-5-10(13)17-8/h2-6,16H,7H2,1H3,(H,14,15). The number of carbonyl (C=O) groups is 1. The Hall–Kier alpha value is -1.30. The zero-order chi connectivity index (χ0) is 13.2. The van der Waals surface area contributed by atoms with Gasteiger partial charge in [-0.2, -0.15) is 0 Å². The van der Waals surface area contributed by atoms with E-state index in [9.17, 15) is 9.90 Å². The highest BCUT2D eigenvalue weighted by Gasteiger charge is 2.25. The fourth-order valence-electron chi connectivity index (χ4n) is 1.45. The molecule has 0 saturated heterocycles. The topological polar surface area (TPSA) is 62.5 Å². The van der Waals surface area contributed by atoms with Crippen LogP contribution in [-0.2, 0) is 5.60 Å². The average molecular weight is 286 g/mol. The van der Waals surface area contributed by atoms with Gasteiger partial charge in [0.15, 0.2) is 11.0 Å². The number of halogens is 1. The normalized spacial score (nSPS) is 14.2. The summed E-state index contributed by atoms with van der Waals surface area (Å²) in [6, 6.07) is 6.65. The molecule has 0 aliphatic heterocycles. The van der Waals surface area contributed by atoms with Crippen molar-refractivity contribution in [2.45, 2.75) is 12.5 Å². The first-order valence-electron chi connectivity index (χ1n) is 5.29. The second-order valence-electron chi connectivity index (χ2n) is 4.04. The predicted molar refractivity (Wildman–Crippen MR) is 69.9 cm³/mol. The molecule has 0 spiro atoms. The van der Waals surface area contributed by atoms with E-state index in [1.54, 1.807) is 6.92 Å². The van der Waals surface area contributed by atoms with Crippen molar-refractivity contribution in [3.63, 3.8) is 0 Å². The van der Waals surface area contributed by atoms with Crippen molar-refractivity contribution in [3.05, 3.63) is 45.5 Å². The lowest BCUT2D eigenvalue weighted by Crippen LogP contribution is -2.37. The van der Waals surface area contributed by atoms with Gasteiger partial charge < -0.3 is 14.8 Å². The van der Waals surface area contributed by atoms with Crippen LogP contribution in [0.5, 0.6) is 0 Å². The molecule has 2 aromatic heterocycles. The minimum Gasteiger partial charge on any atom is -0.440 e. The molecule has 0 saturated carbocycles. The largest absolute Gasteiger partial charge is 0.440 e. The van der Waals surface area contributed by atoms with Crippen molar-refractivity contribution >= 4 is 28.8 Å². The molecule has 1 unspecified atom stereocenters. The van der Waals surface area contributed by atoms with E-state index in [4.69, 9.17) is 16.0 Å². The van der Waals surface area contributed by atoms with Crippen molar-refractivity contribution in [1.82, 2.24) is 5.32 Å². The molecule has 2 rings (SSSR count). The lowest BCUT2D eigenvalue weighted by Gasteiger charge is -2.21. The fourth-order valence-corrected chi connectivity index (χ4v) is 2.38. The lowest BCUT2D eigenvalue weighted by atomic mass is 10.1. The number of amides is 1. The first-order valence-corrected chi connectivity index (χ1v) is 6.55. The summed E-state index contributed by atoms with van der Waals surface area (Å²) < 4.78 is 4.98. The van der Waals surface area contributed by atoms with E-state index in [2.05, 4.69) is 5.32 Å². The summed E-state index contributed by atoms with van der Waals surface area (Å²) in [6.07, 6.45) is 0. The van der Waals surface area contributed by atoms with Crippen LogP contribution in [0.3, 0.4) is 0 Å². The molecule has 2 heterocycles. The van der Waals surface area contributed by atoms with Crippen LogP contribution in [0, 0.1) is 0 Å². The van der Waals surface area contributed by atoms with E-state index in [0.29, 0.717) is 0 Å². The van der Waals surface area contributed by atoms with Gasteiger partial charge >= 0.3 is 0 Å². The van der Waals surface area contributed by atoms with Gasteiger partial charge in [-0.05, 0) is 42.1 Å². The minimum atomic E-state index is -1.10. The summed E-state index contributed by atoms with van der Waals surface area (Å²) in [5.41, 5.74) is -1.10. The van der Waals surface area contributed by atoms with Crippen molar-refractivity contribution in [2.75, 3.05) is 6.54 Å². The number of hydrogen-bond acceptors (Lipinski definition) is 4. The molecule has 0 radical (unpaired) electrons. The first-order chi connectivity index (χ1) is 8.49. The highest BCUT2D eigenvalue weighted by molar-refractivity contribution is 7.10. The average Bonchev–Trinajstić information content (AvgIpc) is 2.96. The number of furan rings is 1.